The molecule has 0 aromatic heterocycles. The van der Waals surface area contributed by atoms with Crippen LogP contribution in [0.3, 0.4) is 0 Å². The minimum atomic E-state index is -0.262. The van der Waals surface area contributed by atoms with Crippen LogP contribution < -0.4 is 5.32 Å². The molecule has 0 saturated carbocycles. The molecule has 1 aliphatic heterocycles. The summed E-state index contributed by atoms with van der Waals surface area (Å²) in [5, 5.41) is 3.28. The number of nitrogens with one attached hydrogen (secondary N) is 1. The van der Waals surface area contributed by atoms with E-state index in [9.17, 15) is 4.79 Å². The number of rotatable bonds is 6. The first kappa shape index (κ1) is 14.2. The lowest BCUT2D eigenvalue weighted by Gasteiger charge is -2.22. The monoisotopic (exact) mass is 241 g/mol. The Kier molecular flexibility index (Phi) is 6.89. The summed E-state index contributed by atoms with van der Waals surface area (Å²) in [6.07, 6.45) is 6.98. The van der Waals surface area contributed by atoms with E-state index in [-0.39, 0.29) is 5.97 Å². The lowest BCUT2D eigenvalue weighted by molar-refractivity contribution is -0.136. The Morgan fingerprint density at radius 3 is 3.00 bits per heavy atom. The lowest BCUT2D eigenvalue weighted by atomic mass is 10.1. The maximum Gasteiger partial charge on any atom is 0.333 e. The molecule has 17 heavy (non-hydrogen) atoms. The van der Waals surface area contributed by atoms with E-state index in [1.165, 1.54) is 26.4 Å². The molecule has 1 heterocycles. The summed E-state index contributed by atoms with van der Waals surface area (Å²) < 4.78 is 10.2. The van der Waals surface area contributed by atoms with Crippen LogP contribution in [0, 0.1) is 0 Å². The van der Waals surface area contributed by atoms with E-state index in [1.54, 1.807) is 6.92 Å². The number of hydrogen-bond acceptors (Lipinski definition) is 4. The molecule has 98 valence electrons. The van der Waals surface area contributed by atoms with Gasteiger partial charge in [-0.05, 0) is 39.2 Å². The zero-order valence-corrected chi connectivity index (χ0v) is 10.8. The fourth-order valence-corrected chi connectivity index (χ4v) is 1.87. The van der Waals surface area contributed by atoms with Crippen molar-refractivity contribution in [3.8, 4) is 0 Å². The molecule has 0 aliphatic carbocycles. The number of ether oxygens (including phenoxy) is 2. The van der Waals surface area contributed by atoms with E-state index in [4.69, 9.17) is 4.74 Å². The Morgan fingerprint density at radius 2 is 2.35 bits per heavy atom. The van der Waals surface area contributed by atoms with Gasteiger partial charge in [-0.2, -0.15) is 0 Å². The summed E-state index contributed by atoms with van der Waals surface area (Å²) in [6.45, 7) is 4.30. The van der Waals surface area contributed by atoms with Gasteiger partial charge < -0.3 is 14.8 Å². The second-order valence-corrected chi connectivity index (χ2v) is 4.36. The lowest BCUT2D eigenvalue weighted by Crippen LogP contribution is -2.25. The van der Waals surface area contributed by atoms with E-state index in [2.05, 4.69) is 10.1 Å². The van der Waals surface area contributed by atoms with Crippen LogP contribution in [0.25, 0.3) is 0 Å². The van der Waals surface area contributed by atoms with Crippen molar-refractivity contribution in [1.29, 1.82) is 0 Å². The third kappa shape index (κ3) is 5.84. The molecule has 1 rings (SSSR count). The highest BCUT2D eigenvalue weighted by Crippen LogP contribution is 2.14. The van der Waals surface area contributed by atoms with E-state index >= 15 is 0 Å². The van der Waals surface area contributed by atoms with Gasteiger partial charge in [-0.3, -0.25) is 0 Å². The Bertz CT molecular complexity index is 257. The first-order valence-electron chi connectivity index (χ1n) is 6.31. The quantitative estimate of drug-likeness (QED) is 0.436. The van der Waals surface area contributed by atoms with Crippen LogP contribution >= 0.6 is 0 Å². The summed E-state index contributed by atoms with van der Waals surface area (Å²) in [5.41, 5.74) is 0.647. The van der Waals surface area contributed by atoms with Crippen LogP contribution in [-0.2, 0) is 14.3 Å². The van der Waals surface area contributed by atoms with Crippen LogP contribution in [-0.4, -0.2) is 38.9 Å². The van der Waals surface area contributed by atoms with Crippen LogP contribution in [0.4, 0.5) is 0 Å². The maximum absolute atomic E-state index is 11.1. The van der Waals surface area contributed by atoms with Crippen molar-refractivity contribution >= 4 is 5.97 Å². The molecule has 0 amide bonds. The number of carbonyl (C=O) groups excluding carboxylic acids is 1. The molecule has 1 fully saturated rings. The number of carbonyl (C=O) groups is 1. The van der Waals surface area contributed by atoms with Crippen molar-refractivity contribution in [3.63, 3.8) is 0 Å². The van der Waals surface area contributed by atoms with Gasteiger partial charge in [-0.25, -0.2) is 4.79 Å². The fraction of sp³-hybridized carbons (Fsp3) is 0.769. The van der Waals surface area contributed by atoms with E-state index < -0.39 is 0 Å². The predicted molar refractivity (Wildman–Crippen MR) is 66.9 cm³/mol. The summed E-state index contributed by atoms with van der Waals surface area (Å²) >= 11 is 0. The minimum absolute atomic E-state index is 0.262. The summed E-state index contributed by atoms with van der Waals surface area (Å²) in [4.78, 5) is 11.1. The van der Waals surface area contributed by atoms with Gasteiger partial charge in [0.2, 0.25) is 0 Å². The molecule has 0 bridgehead atoms. The first-order valence-corrected chi connectivity index (χ1v) is 6.31. The van der Waals surface area contributed by atoms with Gasteiger partial charge >= 0.3 is 5.97 Å². The molecule has 0 spiro atoms. The average Bonchev–Trinajstić information content (AvgIpc) is 2.38. The van der Waals surface area contributed by atoms with Crippen LogP contribution in [0.5, 0.6) is 0 Å². The Hall–Kier alpha value is -0.870. The molecule has 0 aromatic rings. The zero-order valence-electron chi connectivity index (χ0n) is 10.8. The Labute approximate surface area is 103 Å². The van der Waals surface area contributed by atoms with Gasteiger partial charge in [0.05, 0.1) is 13.2 Å². The number of methoxy groups -OCH3 is 1. The van der Waals surface area contributed by atoms with Crippen molar-refractivity contribution in [2.45, 2.75) is 38.7 Å². The van der Waals surface area contributed by atoms with Crippen LogP contribution in [0.1, 0.15) is 32.6 Å². The van der Waals surface area contributed by atoms with Gasteiger partial charge in [0.1, 0.15) is 0 Å². The molecule has 1 N–H and O–H groups in total. The highest BCUT2D eigenvalue weighted by atomic mass is 16.5. The van der Waals surface area contributed by atoms with E-state index in [0.717, 1.165) is 19.6 Å². The molecule has 0 radical (unpaired) electrons. The smallest absolute Gasteiger partial charge is 0.333 e. The second-order valence-electron chi connectivity index (χ2n) is 4.36. The fourth-order valence-electron chi connectivity index (χ4n) is 1.87. The van der Waals surface area contributed by atoms with Gasteiger partial charge in [0.15, 0.2) is 0 Å². The predicted octanol–water partition coefficient (Wildman–Crippen LogP) is 1.65. The molecule has 1 saturated heterocycles. The third-order valence-electron chi connectivity index (χ3n) is 2.98. The van der Waals surface area contributed by atoms with Crippen molar-refractivity contribution in [1.82, 2.24) is 5.32 Å². The van der Waals surface area contributed by atoms with Crippen LogP contribution in [0.2, 0.25) is 0 Å². The molecule has 1 atom stereocenters. The zero-order chi connectivity index (χ0) is 12.5. The molecule has 1 unspecified atom stereocenters. The van der Waals surface area contributed by atoms with Crippen LogP contribution in [0.15, 0.2) is 11.6 Å². The molecule has 4 nitrogen and oxygen atoms in total. The molecule has 4 heteroatoms. The largest absolute Gasteiger partial charge is 0.466 e. The minimum Gasteiger partial charge on any atom is -0.466 e. The SMILES string of the molecule is COC(=O)C(C)=CCNCCC1CCCCO1. The van der Waals surface area contributed by atoms with Gasteiger partial charge in [-0.15, -0.1) is 0 Å². The number of esters is 1. The molecular formula is C13H23NO3. The normalized spacial score (nSPS) is 21.3. The van der Waals surface area contributed by atoms with E-state index in [0.29, 0.717) is 18.2 Å². The molecule has 1 aliphatic rings. The van der Waals surface area contributed by atoms with Crippen molar-refractivity contribution in [2.75, 3.05) is 26.8 Å². The topological polar surface area (TPSA) is 47.6 Å². The summed E-state index contributed by atoms with van der Waals surface area (Å²) in [7, 11) is 1.40. The number of hydrogen-bond donors (Lipinski definition) is 1. The molecular weight excluding hydrogens is 218 g/mol. The van der Waals surface area contributed by atoms with E-state index in [1.807, 2.05) is 6.08 Å². The second kappa shape index (κ2) is 8.25. The van der Waals surface area contributed by atoms with Gasteiger partial charge in [-0.1, -0.05) is 6.08 Å². The standard InChI is InChI=1S/C13H23NO3/c1-11(13(15)16-2)6-8-14-9-7-12-5-3-4-10-17-12/h6,12,14H,3-5,7-10H2,1-2H3. The highest BCUT2D eigenvalue weighted by molar-refractivity contribution is 5.87. The maximum atomic E-state index is 11.1. The summed E-state index contributed by atoms with van der Waals surface area (Å²) in [5.74, 6) is -0.262. The average molecular weight is 241 g/mol. The molecule has 0 aromatic carbocycles. The highest BCUT2D eigenvalue weighted by Gasteiger charge is 2.12. The van der Waals surface area contributed by atoms with Gasteiger partial charge in [0, 0.05) is 18.7 Å². The van der Waals surface area contributed by atoms with Crippen molar-refractivity contribution < 1.29 is 14.3 Å². The third-order valence-corrected chi connectivity index (χ3v) is 2.98. The first-order chi connectivity index (χ1) is 8.24. The van der Waals surface area contributed by atoms with Gasteiger partial charge in [0.25, 0.3) is 0 Å². The summed E-state index contributed by atoms with van der Waals surface area (Å²) in [6, 6.07) is 0. The van der Waals surface area contributed by atoms with Crippen molar-refractivity contribution in [3.05, 3.63) is 11.6 Å². The van der Waals surface area contributed by atoms with Crippen molar-refractivity contribution in [2.24, 2.45) is 0 Å². The Morgan fingerprint density at radius 1 is 1.53 bits per heavy atom. The Balaban J connectivity index is 2.05.